The molecule has 0 heterocycles. The van der Waals surface area contributed by atoms with Gasteiger partial charge in [0.15, 0.2) is 0 Å². The van der Waals surface area contributed by atoms with Crippen LogP contribution in [-0.2, 0) is 0 Å². The van der Waals surface area contributed by atoms with Crippen molar-refractivity contribution in [3.8, 4) is 0 Å². The van der Waals surface area contributed by atoms with Crippen molar-refractivity contribution in [3.63, 3.8) is 0 Å². The van der Waals surface area contributed by atoms with Crippen molar-refractivity contribution < 1.29 is 9.18 Å². The van der Waals surface area contributed by atoms with Crippen LogP contribution in [0.15, 0.2) is 48.5 Å². The molecule has 0 radical (unpaired) electrons. The lowest BCUT2D eigenvalue weighted by Gasteiger charge is -2.08. The normalized spacial score (nSPS) is 13.8. The Morgan fingerprint density at radius 1 is 1.00 bits per heavy atom. The molecule has 2 aromatic carbocycles. The largest absolute Gasteiger partial charge is 0.382 e. The molecule has 0 atom stereocenters. The number of rotatable bonds is 4. The van der Waals surface area contributed by atoms with Crippen molar-refractivity contribution in [1.29, 1.82) is 0 Å². The van der Waals surface area contributed by atoms with Crippen molar-refractivity contribution >= 4 is 17.3 Å². The standard InChI is InChI=1S/C16H15FN2O/c17-15-4-2-1-3-14(15)16(20)19-13-9-7-12(8-10-13)18-11-5-6-11/h1-4,7-11,18H,5-6H2,(H,19,20). The van der Waals surface area contributed by atoms with E-state index >= 15 is 0 Å². The van der Waals surface area contributed by atoms with Gasteiger partial charge in [-0.2, -0.15) is 0 Å². The molecule has 3 nitrogen and oxygen atoms in total. The molecular formula is C16H15FN2O. The van der Waals surface area contributed by atoms with Crippen LogP contribution in [0.25, 0.3) is 0 Å². The maximum absolute atomic E-state index is 13.5. The van der Waals surface area contributed by atoms with E-state index in [4.69, 9.17) is 0 Å². The fourth-order valence-electron chi connectivity index (χ4n) is 1.96. The summed E-state index contributed by atoms with van der Waals surface area (Å²) in [7, 11) is 0. The van der Waals surface area contributed by atoms with Gasteiger partial charge in [-0.3, -0.25) is 4.79 Å². The number of nitrogens with one attached hydrogen (secondary N) is 2. The van der Waals surface area contributed by atoms with Crippen LogP contribution in [0.3, 0.4) is 0 Å². The Balaban J connectivity index is 1.67. The third-order valence-electron chi connectivity index (χ3n) is 3.21. The van der Waals surface area contributed by atoms with Crippen LogP contribution in [0.2, 0.25) is 0 Å². The van der Waals surface area contributed by atoms with Gasteiger partial charge in [0.2, 0.25) is 0 Å². The van der Waals surface area contributed by atoms with Crippen LogP contribution < -0.4 is 10.6 Å². The van der Waals surface area contributed by atoms with Gasteiger partial charge in [-0.1, -0.05) is 12.1 Å². The Labute approximate surface area is 116 Å². The molecule has 1 aliphatic carbocycles. The molecule has 0 saturated heterocycles. The molecule has 1 saturated carbocycles. The fraction of sp³-hybridized carbons (Fsp3) is 0.188. The van der Waals surface area contributed by atoms with Crippen LogP contribution in [0, 0.1) is 5.82 Å². The van der Waals surface area contributed by atoms with E-state index in [2.05, 4.69) is 10.6 Å². The predicted octanol–water partition coefficient (Wildman–Crippen LogP) is 3.65. The highest BCUT2D eigenvalue weighted by molar-refractivity contribution is 6.04. The van der Waals surface area contributed by atoms with E-state index in [1.807, 2.05) is 24.3 Å². The van der Waals surface area contributed by atoms with E-state index in [0.717, 1.165) is 5.69 Å². The zero-order valence-electron chi connectivity index (χ0n) is 10.9. The highest BCUT2D eigenvalue weighted by Crippen LogP contribution is 2.25. The van der Waals surface area contributed by atoms with Gasteiger partial charge >= 0.3 is 0 Å². The SMILES string of the molecule is O=C(Nc1ccc(NC2CC2)cc1)c1ccccc1F. The topological polar surface area (TPSA) is 41.1 Å². The molecule has 2 aromatic rings. The van der Waals surface area contributed by atoms with E-state index in [1.54, 1.807) is 12.1 Å². The van der Waals surface area contributed by atoms with Crippen LogP contribution in [0.1, 0.15) is 23.2 Å². The zero-order valence-corrected chi connectivity index (χ0v) is 10.9. The van der Waals surface area contributed by atoms with E-state index < -0.39 is 11.7 Å². The van der Waals surface area contributed by atoms with Gasteiger partial charge in [0, 0.05) is 17.4 Å². The molecule has 0 aliphatic heterocycles. The summed E-state index contributed by atoms with van der Waals surface area (Å²) in [6.45, 7) is 0. The molecule has 3 rings (SSSR count). The minimum Gasteiger partial charge on any atom is -0.382 e. The molecule has 1 amide bonds. The molecule has 102 valence electrons. The van der Waals surface area contributed by atoms with Crippen molar-refractivity contribution in [2.45, 2.75) is 18.9 Å². The van der Waals surface area contributed by atoms with Crippen LogP contribution in [0.5, 0.6) is 0 Å². The smallest absolute Gasteiger partial charge is 0.258 e. The second-order valence-electron chi connectivity index (χ2n) is 4.93. The average molecular weight is 270 g/mol. The number of halogens is 1. The van der Waals surface area contributed by atoms with Gasteiger partial charge in [-0.05, 0) is 49.2 Å². The Morgan fingerprint density at radius 3 is 2.30 bits per heavy atom. The Morgan fingerprint density at radius 2 is 1.65 bits per heavy atom. The lowest BCUT2D eigenvalue weighted by molar-refractivity contribution is 0.102. The first-order valence-corrected chi connectivity index (χ1v) is 6.65. The molecule has 0 unspecified atom stereocenters. The van der Waals surface area contributed by atoms with Gasteiger partial charge in [0.25, 0.3) is 5.91 Å². The van der Waals surface area contributed by atoms with Crippen molar-refractivity contribution in [3.05, 3.63) is 59.9 Å². The first-order valence-electron chi connectivity index (χ1n) is 6.65. The molecule has 1 fully saturated rings. The molecule has 2 N–H and O–H groups in total. The number of carbonyl (C=O) groups is 1. The first-order chi connectivity index (χ1) is 9.72. The Bertz CT molecular complexity index is 621. The number of carbonyl (C=O) groups excluding carboxylic acids is 1. The van der Waals surface area contributed by atoms with Crippen LogP contribution in [-0.4, -0.2) is 11.9 Å². The van der Waals surface area contributed by atoms with Gasteiger partial charge in [0.05, 0.1) is 5.56 Å². The Hall–Kier alpha value is -2.36. The van der Waals surface area contributed by atoms with Crippen LogP contribution in [0.4, 0.5) is 15.8 Å². The summed E-state index contributed by atoms with van der Waals surface area (Å²) in [4.78, 5) is 11.9. The third-order valence-corrected chi connectivity index (χ3v) is 3.21. The minimum atomic E-state index is -0.517. The predicted molar refractivity (Wildman–Crippen MR) is 77.4 cm³/mol. The van der Waals surface area contributed by atoms with E-state index in [9.17, 15) is 9.18 Å². The molecule has 20 heavy (non-hydrogen) atoms. The Kier molecular flexibility index (Phi) is 3.37. The van der Waals surface area contributed by atoms with Gasteiger partial charge in [0.1, 0.15) is 5.82 Å². The number of hydrogen-bond acceptors (Lipinski definition) is 2. The van der Waals surface area contributed by atoms with Gasteiger partial charge < -0.3 is 10.6 Å². The summed E-state index contributed by atoms with van der Waals surface area (Å²) in [5.74, 6) is -0.956. The average Bonchev–Trinajstić information content (AvgIpc) is 3.25. The lowest BCUT2D eigenvalue weighted by Crippen LogP contribution is -2.13. The molecule has 1 aliphatic rings. The first kappa shape index (κ1) is 12.7. The number of amides is 1. The molecule has 0 bridgehead atoms. The maximum atomic E-state index is 13.5. The van der Waals surface area contributed by atoms with Crippen molar-refractivity contribution in [2.24, 2.45) is 0 Å². The highest BCUT2D eigenvalue weighted by Gasteiger charge is 2.20. The maximum Gasteiger partial charge on any atom is 0.258 e. The third kappa shape index (κ3) is 2.96. The summed E-state index contributed by atoms with van der Waals surface area (Å²) in [6.07, 6.45) is 2.43. The second kappa shape index (κ2) is 5.33. The number of anilines is 2. The molecular weight excluding hydrogens is 255 g/mol. The summed E-state index contributed by atoms with van der Waals surface area (Å²) < 4.78 is 13.5. The number of benzene rings is 2. The van der Waals surface area contributed by atoms with E-state index in [0.29, 0.717) is 11.7 Å². The summed E-state index contributed by atoms with van der Waals surface area (Å²) in [5.41, 5.74) is 1.74. The van der Waals surface area contributed by atoms with E-state index in [-0.39, 0.29) is 5.56 Å². The van der Waals surface area contributed by atoms with Crippen molar-refractivity contribution in [2.75, 3.05) is 10.6 Å². The monoisotopic (exact) mass is 270 g/mol. The molecule has 0 spiro atoms. The van der Waals surface area contributed by atoms with Gasteiger partial charge in [-0.15, -0.1) is 0 Å². The second-order valence-corrected chi connectivity index (χ2v) is 4.93. The van der Waals surface area contributed by atoms with Crippen molar-refractivity contribution in [1.82, 2.24) is 0 Å². The molecule has 4 heteroatoms. The quantitative estimate of drug-likeness (QED) is 0.890. The van der Waals surface area contributed by atoms with Gasteiger partial charge in [-0.25, -0.2) is 4.39 Å². The fourth-order valence-corrected chi connectivity index (χ4v) is 1.96. The molecule has 0 aromatic heterocycles. The summed E-state index contributed by atoms with van der Waals surface area (Å²) in [6, 6.07) is 14.0. The number of hydrogen-bond donors (Lipinski definition) is 2. The summed E-state index contributed by atoms with van der Waals surface area (Å²) >= 11 is 0. The lowest BCUT2D eigenvalue weighted by atomic mass is 10.2. The minimum absolute atomic E-state index is 0.0488. The summed E-state index contributed by atoms with van der Waals surface area (Å²) in [5, 5.41) is 6.05. The van der Waals surface area contributed by atoms with Crippen LogP contribution >= 0.6 is 0 Å². The zero-order chi connectivity index (χ0) is 13.9. The highest BCUT2D eigenvalue weighted by atomic mass is 19.1. The van der Waals surface area contributed by atoms with E-state index in [1.165, 1.54) is 25.0 Å².